The second-order valence-electron chi connectivity index (χ2n) is 20.7. The number of rotatable bonds is 22. The number of hydrogen-bond acceptors (Lipinski definition) is 14. The average Bonchev–Trinajstić information content (AvgIpc) is 4.28. The topological polar surface area (TPSA) is 235 Å². The molecule has 4 aliphatic rings. The van der Waals surface area contributed by atoms with Gasteiger partial charge in [-0.15, -0.1) is 0 Å². The first kappa shape index (κ1) is 58.4. The third-order valence-electron chi connectivity index (χ3n) is 13.4. The molecule has 0 aliphatic carbocycles. The molecule has 4 fully saturated rings. The van der Waals surface area contributed by atoms with Gasteiger partial charge < -0.3 is 59.1 Å². The van der Waals surface area contributed by atoms with Crippen molar-refractivity contribution in [3.63, 3.8) is 0 Å². The van der Waals surface area contributed by atoms with Crippen molar-refractivity contribution >= 4 is 47.6 Å². The van der Waals surface area contributed by atoms with Crippen molar-refractivity contribution in [2.75, 3.05) is 75.5 Å². The van der Waals surface area contributed by atoms with Crippen LogP contribution in [0.5, 0.6) is 0 Å². The molecule has 4 saturated heterocycles. The maximum Gasteiger partial charge on any atom is 0.415 e. The van der Waals surface area contributed by atoms with Gasteiger partial charge in [0.05, 0.1) is 63.8 Å². The van der Waals surface area contributed by atoms with E-state index in [1.165, 1.54) is 19.6 Å². The maximum atomic E-state index is 13.6. The number of ether oxygens (including phenoxy) is 6. The summed E-state index contributed by atoms with van der Waals surface area (Å²) in [5.74, 6) is -0.593. The molecule has 0 aromatic heterocycles. The summed E-state index contributed by atoms with van der Waals surface area (Å²) in [6, 6.07) is 35.5. The van der Waals surface area contributed by atoms with Crippen LogP contribution in [0.25, 0.3) is 0 Å². The van der Waals surface area contributed by atoms with Crippen molar-refractivity contribution in [1.82, 2.24) is 20.4 Å². The van der Waals surface area contributed by atoms with E-state index in [1.807, 2.05) is 125 Å². The van der Waals surface area contributed by atoms with Crippen LogP contribution in [0.4, 0.5) is 30.6 Å². The number of aliphatic hydroxyl groups excluding tert-OH is 2. The van der Waals surface area contributed by atoms with Gasteiger partial charge in [0.15, 0.2) is 12.2 Å². The first-order valence-electron chi connectivity index (χ1n) is 26.8. The van der Waals surface area contributed by atoms with Crippen molar-refractivity contribution in [3.05, 3.63) is 132 Å². The van der Waals surface area contributed by atoms with Gasteiger partial charge in [-0.1, -0.05) is 125 Å². The molecule has 4 aliphatic heterocycles. The highest BCUT2D eigenvalue weighted by Crippen LogP contribution is 2.25. The van der Waals surface area contributed by atoms with Crippen molar-refractivity contribution in [3.8, 4) is 0 Å². The number of para-hydroxylation sites is 2. The predicted molar refractivity (Wildman–Crippen MR) is 289 cm³/mol. The fourth-order valence-electron chi connectivity index (χ4n) is 9.51. The molecule has 4 aromatic rings. The van der Waals surface area contributed by atoms with Gasteiger partial charge in [-0.05, 0) is 60.1 Å². The standard InChI is InChI=1S/2C29H37N3O7/c2*1-20(2)16-31(27(34)26-18-32(29(36)39-26)22-11-7-4-8-12-22)17-25(33)24(15-21-9-5-3-6-10-21)30-28(35)38-23-13-14-37-19-23/h2*3-12,20,23-26,33H,13-19H2,1-2H3,(H,30,35)/t2*23-,24-,25+,26?/m00/s1. The Balaban J connectivity index is 0.000000226. The molecule has 420 valence electrons. The SMILES string of the molecule is CC(C)CN(C[C@@H](O)[C@H](Cc1ccccc1)NC(=O)O[C@H]1CCOC1)C(=O)C1CN(c2ccccc2)C(=O)O1.CC(C)CN(C[C@@H](O)[C@H](Cc1ccccc1)NC(=O)O[C@H]1CCOC1)C(=O)C1CN(c2ccccc2)C(=O)O1. The number of hydrogen-bond donors (Lipinski definition) is 4. The molecule has 6 amide bonds. The van der Waals surface area contributed by atoms with Crippen LogP contribution in [0, 0.1) is 11.8 Å². The molecule has 4 N–H and O–H groups in total. The number of cyclic esters (lactones) is 2. The molecule has 0 bridgehead atoms. The van der Waals surface area contributed by atoms with Gasteiger partial charge in [0.2, 0.25) is 0 Å². The second-order valence-corrected chi connectivity index (χ2v) is 20.7. The highest BCUT2D eigenvalue weighted by atomic mass is 16.6. The normalized spacial score (nSPS) is 20.4. The molecule has 78 heavy (non-hydrogen) atoms. The molecule has 2 unspecified atom stereocenters. The summed E-state index contributed by atoms with van der Waals surface area (Å²) in [5, 5.41) is 28.3. The molecular formula is C58H74N6O14. The van der Waals surface area contributed by atoms with E-state index in [0.717, 1.165) is 11.1 Å². The number of nitrogens with one attached hydrogen (secondary N) is 2. The number of aliphatic hydroxyl groups is 2. The van der Waals surface area contributed by atoms with Crippen molar-refractivity contribution in [2.45, 2.75) is 102 Å². The van der Waals surface area contributed by atoms with E-state index in [1.54, 1.807) is 24.3 Å². The average molecular weight is 1080 g/mol. The molecule has 0 saturated carbocycles. The number of nitrogens with zero attached hydrogens (tertiary/aromatic N) is 4. The Morgan fingerprint density at radius 2 is 0.897 bits per heavy atom. The minimum absolute atomic E-state index is 0.0548. The second kappa shape index (κ2) is 28.9. The maximum absolute atomic E-state index is 13.6. The minimum Gasteiger partial charge on any atom is -0.444 e. The lowest BCUT2D eigenvalue weighted by Gasteiger charge is -2.32. The van der Waals surface area contributed by atoms with Crippen molar-refractivity contribution in [1.29, 1.82) is 0 Å². The first-order valence-corrected chi connectivity index (χ1v) is 26.8. The van der Waals surface area contributed by atoms with Gasteiger partial charge in [-0.3, -0.25) is 19.4 Å². The van der Waals surface area contributed by atoms with Gasteiger partial charge in [0.25, 0.3) is 11.8 Å². The molecule has 0 spiro atoms. The lowest BCUT2D eigenvalue weighted by molar-refractivity contribution is -0.141. The number of benzene rings is 4. The fraction of sp³-hybridized carbons (Fsp3) is 0.483. The van der Waals surface area contributed by atoms with E-state index in [9.17, 15) is 39.0 Å². The lowest BCUT2D eigenvalue weighted by Crippen LogP contribution is -2.53. The first-order chi connectivity index (χ1) is 37.6. The zero-order valence-electron chi connectivity index (χ0n) is 44.8. The zero-order chi connectivity index (χ0) is 55.6. The van der Waals surface area contributed by atoms with E-state index in [4.69, 9.17) is 28.4 Å². The van der Waals surface area contributed by atoms with Crippen LogP contribution in [-0.2, 0) is 50.9 Å². The van der Waals surface area contributed by atoms with Crippen LogP contribution in [0.2, 0.25) is 0 Å². The van der Waals surface area contributed by atoms with E-state index in [-0.39, 0.29) is 50.2 Å². The third kappa shape index (κ3) is 17.4. The van der Waals surface area contributed by atoms with Crippen molar-refractivity contribution in [2.24, 2.45) is 11.8 Å². The summed E-state index contributed by atoms with van der Waals surface area (Å²) in [6.07, 6.45) is -5.44. The van der Waals surface area contributed by atoms with Crippen LogP contribution >= 0.6 is 0 Å². The highest BCUT2D eigenvalue weighted by Gasteiger charge is 2.42. The lowest BCUT2D eigenvalue weighted by atomic mass is 10.0. The number of amides is 6. The Morgan fingerprint density at radius 1 is 0.551 bits per heavy atom. The van der Waals surface area contributed by atoms with E-state index < -0.39 is 72.7 Å². The van der Waals surface area contributed by atoms with Gasteiger partial charge >= 0.3 is 24.4 Å². The predicted octanol–water partition coefficient (Wildman–Crippen LogP) is 5.97. The van der Waals surface area contributed by atoms with Crippen LogP contribution in [0.1, 0.15) is 51.7 Å². The Bertz CT molecular complexity index is 2360. The minimum atomic E-state index is -1.11. The largest absolute Gasteiger partial charge is 0.444 e. The summed E-state index contributed by atoms with van der Waals surface area (Å²) < 4.78 is 32.4. The fourth-order valence-corrected chi connectivity index (χ4v) is 9.51. The molecule has 20 heteroatoms. The van der Waals surface area contributed by atoms with Gasteiger partial charge in [-0.2, -0.15) is 0 Å². The number of alkyl carbamates (subject to hydrolysis) is 2. The molecular weight excluding hydrogens is 1000 g/mol. The van der Waals surface area contributed by atoms with Crippen molar-refractivity contribution < 1.29 is 67.4 Å². The Morgan fingerprint density at radius 3 is 1.22 bits per heavy atom. The molecule has 4 heterocycles. The Kier molecular flexibility index (Phi) is 21.7. The molecule has 8 rings (SSSR count). The van der Waals surface area contributed by atoms with E-state index in [2.05, 4.69) is 10.6 Å². The van der Waals surface area contributed by atoms with Gasteiger partial charge in [-0.25, -0.2) is 19.2 Å². The Labute approximate surface area is 455 Å². The van der Waals surface area contributed by atoms with Crippen LogP contribution < -0.4 is 20.4 Å². The van der Waals surface area contributed by atoms with E-state index >= 15 is 0 Å². The monoisotopic (exact) mass is 1080 g/mol. The number of carbonyl (C=O) groups excluding carboxylic acids is 6. The smallest absolute Gasteiger partial charge is 0.415 e. The van der Waals surface area contributed by atoms with Gasteiger partial charge in [0, 0.05) is 50.4 Å². The molecule has 8 atom stereocenters. The quantitative estimate of drug-likeness (QED) is 0.0665. The van der Waals surface area contributed by atoms with E-state index in [0.29, 0.717) is 76.6 Å². The van der Waals surface area contributed by atoms with Gasteiger partial charge in [0.1, 0.15) is 12.2 Å². The van der Waals surface area contributed by atoms with Crippen LogP contribution in [0.3, 0.4) is 0 Å². The summed E-state index contributed by atoms with van der Waals surface area (Å²) in [4.78, 5) is 83.4. The zero-order valence-corrected chi connectivity index (χ0v) is 44.8. The highest BCUT2D eigenvalue weighted by molar-refractivity contribution is 5.96. The molecule has 0 radical (unpaired) electrons. The summed E-state index contributed by atoms with van der Waals surface area (Å²) in [5.41, 5.74) is 3.12. The van der Waals surface area contributed by atoms with Crippen LogP contribution in [0.15, 0.2) is 121 Å². The third-order valence-corrected chi connectivity index (χ3v) is 13.4. The number of anilines is 2. The molecule has 4 aromatic carbocycles. The summed E-state index contributed by atoms with van der Waals surface area (Å²) in [7, 11) is 0. The molecule has 20 nitrogen and oxygen atoms in total. The summed E-state index contributed by atoms with van der Waals surface area (Å²) in [6.45, 7) is 10.3. The Hall–Kier alpha value is -7.26. The summed E-state index contributed by atoms with van der Waals surface area (Å²) >= 11 is 0. The van der Waals surface area contributed by atoms with Crippen LogP contribution in [-0.4, -0.2) is 171 Å². The number of carbonyl (C=O) groups is 6.